The summed E-state index contributed by atoms with van der Waals surface area (Å²) in [7, 11) is 0. The lowest BCUT2D eigenvalue weighted by Gasteiger charge is -2.05. The summed E-state index contributed by atoms with van der Waals surface area (Å²) in [6.07, 6.45) is 1.76. The van der Waals surface area contributed by atoms with Gasteiger partial charge in [-0.15, -0.1) is 0 Å². The maximum Gasteiger partial charge on any atom is 0.153 e. The van der Waals surface area contributed by atoms with Crippen molar-refractivity contribution in [3.05, 3.63) is 29.8 Å². The van der Waals surface area contributed by atoms with Crippen molar-refractivity contribution in [3.63, 3.8) is 0 Å². The van der Waals surface area contributed by atoms with Crippen molar-refractivity contribution in [1.29, 1.82) is 0 Å². The van der Waals surface area contributed by atoms with Gasteiger partial charge in [0.25, 0.3) is 0 Å². The largest absolute Gasteiger partial charge is 0.493 e. The van der Waals surface area contributed by atoms with E-state index in [-0.39, 0.29) is 0 Å². The van der Waals surface area contributed by atoms with Crippen LogP contribution in [-0.4, -0.2) is 12.9 Å². The molecule has 0 heterocycles. The molecule has 0 aliphatic heterocycles. The average Bonchev–Trinajstić information content (AvgIpc) is 2.15. The molecule has 2 heteroatoms. The molecule has 0 bridgehead atoms. The summed E-state index contributed by atoms with van der Waals surface area (Å²) >= 11 is 0. The number of para-hydroxylation sites is 1. The lowest BCUT2D eigenvalue weighted by molar-refractivity contribution is 0.111. The molecule has 0 atom stereocenters. The summed E-state index contributed by atoms with van der Waals surface area (Å²) in [5, 5.41) is 0. The number of carbonyl (C=O) groups excluding carboxylic acids is 1. The molecule has 0 aromatic heterocycles. The molecule has 0 aliphatic carbocycles. The summed E-state index contributed by atoms with van der Waals surface area (Å²) in [4.78, 5) is 10.5. The van der Waals surface area contributed by atoms with Crippen molar-refractivity contribution >= 4 is 6.29 Å². The van der Waals surface area contributed by atoms with Crippen LogP contribution in [0.15, 0.2) is 24.3 Å². The molecular formula is C10H12O2. The second-order valence-corrected chi connectivity index (χ2v) is 2.50. The highest BCUT2D eigenvalue weighted by molar-refractivity contribution is 5.79. The van der Waals surface area contributed by atoms with Crippen LogP contribution in [0.4, 0.5) is 0 Å². The maximum absolute atomic E-state index is 10.5. The van der Waals surface area contributed by atoms with Crippen molar-refractivity contribution in [3.8, 4) is 5.75 Å². The summed E-state index contributed by atoms with van der Waals surface area (Å²) in [6.45, 7) is 2.69. The van der Waals surface area contributed by atoms with E-state index in [0.29, 0.717) is 17.9 Å². The van der Waals surface area contributed by atoms with Gasteiger partial charge >= 0.3 is 0 Å². The van der Waals surface area contributed by atoms with E-state index in [9.17, 15) is 4.79 Å². The van der Waals surface area contributed by atoms with Crippen LogP contribution >= 0.6 is 0 Å². The van der Waals surface area contributed by atoms with E-state index >= 15 is 0 Å². The van der Waals surface area contributed by atoms with Crippen LogP contribution < -0.4 is 4.74 Å². The van der Waals surface area contributed by atoms with E-state index < -0.39 is 0 Å². The second kappa shape index (κ2) is 4.54. The number of hydrogen-bond donors (Lipinski definition) is 0. The van der Waals surface area contributed by atoms with Gasteiger partial charge in [-0.1, -0.05) is 19.1 Å². The van der Waals surface area contributed by atoms with Crippen LogP contribution in [0.1, 0.15) is 23.7 Å². The second-order valence-electron chi connectivity index (χ2n) is 2.50. The maximum atomic E-state index is 10.5. The molecule has 12 heavy (non-hydrogen) atoms. The molecular weight excluding hydrogens is 152 g/mol. The van der Waals surface area contributed by atoms with Gasteiger partial charge in [0.2, 0.25) is 0 Å². The topological polar surface area (TPSA) is 26.3 Å². The molecule has 0 unspecified atom stereocenters. The quantitative estimate of drug-likeness (QED) is 0.638. The fourth-order valence-corrected chi connectivity index (χ4v) is 0.921. The standard InChI is InChI=1S/C10H12O2/c1-2-7-12-10-6-4-3-5-9(10)8-11/h3-6,8H,2,7H2,1H3. The molecule has 2 nitrogen and oxygen atoms in total. The molecule has 64 valence electrons. The molecule has 1 rings (SSSR count). The molecule has 0 saturated carbocycles. The van der Waals surface area contributed by atoms with Crippen LogP contribution in [0.3, 0.4) is 0 Å². The molecule has 0 aliphatic rings. The van der Waals surface area contributed by atoms with Gasteiger partial charge in [-0.2, -0.15) is 0 Å². The average molecular weight is 164 g/mol. The molecule has 1 aromatic carbocycles. The normalized spacial score (nSPS) is 9.42. The van der Waals surface area contributed by atoms with Gasteiger partial charge < -0.3 is 4.74 Å². The Labute approximate surface area is 72.2 Å². The third-order valence-electron chi connectivity index (χ3n) is 1.51. The van der Waals surface area contributed by atoms with Crippen molar-refractivity contribution in [2.45, 2.75) is 13.3 Å². The van der Waals surface area contributed by atoms with Crippen molar-refractivity contribution < 1.29 is 9.53 Å². The minimum absolute atomic E-state index is 0.617. The molecule has 0 amide bonds. The number of benzene rings is 1. The zero-order chi connectivity index (χ0) is 8.81. The Balaban J connectivity index is 2.75. The summed E-state index contributed by atoms with van der Waals surface area (Å²) in [6, 6.07) is 7.23. The van der Waals surface area contributed by atoms with Gasteiger partial charge in [-0.25, -0.2) is 0 Å². The Morgan fingerprint density at radius 3 is 2.83 bits per heavy atom. The zero-order valence-electron chi connectivity index (χ0n) is 7.12. The molecule has 0 radical (unpaired) electrons. The molecule has 0 N–H and O–H groups in total. The van der Waals surface area contributed by atoms with E-state index in [1.54, 1.807) is 12.1 Å². The van der Waals surface area contributed by atoms with E-state index in [4.69, 9.17) is 4.74 Å². The van der Waals surface area contributed by atoms with Gasteiger partial charge in [-0.05, 0) is 18.6 Å². The molecule has 1 aromatic rings. The van der Waals surface area contributed by atoms with Gasteiger partial charge in [-0.3, -0.25) is 4.79 Å². The van der Waals surface area contributed by atoms with Crippen molar-refractivity contribution in [2.75, 3.05) is 6.61 Å². The van der Waals surface area contributed by atoms with Crippen LogP contribution in [0.2, 0.25) is 0 Å². The number of rotatable bonds is 4. The van der Waals surface area contributed by atoms with Crippen molar-refractivity contribution in [1.82, 2.24) is 0 Å². The Morgan fingerprint density at radius 2 is 2.17 bits per heavy atom. The van der Waals surface area contributed by atoms with Gasteiger partial charge in [0.15, 0.2) is 6.29 Å². The van der Waals surface area contributed by atoms with E-state index in [0.717, 1.165) is 12.7 Å². The van der Waals surface area contributed by atoms with E-state index in [1.807, 2.05) is 19.1 Å². The van der Waals surface area contributed by atoms with E-state index in [1.165, 1.54) is 0 Å². The molecule has 0 spiro atoms. The van der Waals surface area contributed by atoms with Gasteiger partial charge in [0, 0.05) is 0 Å². The monoisotopic (exact) mass is 164 g/mol. The predicted molar refractivity (Wildman–Crippen MR) is 47.6 cm³/mol. The predicted octanol–water partition coefficient (Wildman–Crippen LogP) is 2.29. The molecule has 0 saturated heterocycles. The zero-order valence-corrected chi connectivity index (χ0v) is 7.12. The van der Waals surface area contributed by atoms with Crippen molar-refractivity contribution in [2.24, 2.45) is 0 Å². The Bertz CT molecular complexity index is 256. The number of ether oxygens (including phenoxy) is 1. The minimum atomic E-state index is 0.617. The first-order chi connectivity index (χ1) is 5.88. The van der Waals surface area contributed by atoms with Crippen LogP contribution in [0, 0.1) is 0 Å². The lowest BCUT2D eigenvalue weighted by Crippen LogP contribution is -1.97. The minimum Gasteiger partial charge on any atom is -0.493 e. The highest BCUT2D eigenvalue weighted by Crippen LogP contribution is 2.15. The third kappa shape index (κ3) is 2.09. The summed E-state index contributed by atoms with van der Waals surface area (Å²) in [5.41, 5.74) is 0.617. The van der Waals surface area contributed by atoms with Crippen LogP contribution in [0.25, 0.3) is 0 Å². The van der Waals surface area contributed by atoms with Gasteiger partial charge in [0.1, 0.15) is 5.75 Å². The fraction of sp³-hybridized carbons (Fsp3) is 0.300. The SMILES string of the molecule is CCCOc1ccccc1C=O. The summed E-state index contributed by atoms with van der Waals surface area (Å²) in [5.74, 6) is 0.675. The fourth-order valence-electron chi connectivity index (χ4n) is 0.921. The Hall–Kier alpha value is -1.31. The Kier molecular flexibility index (Phi) is 3.33. The van der Waals surface area contributed by atoms with Gasteiger partial charge in [0.05, 0.1) is 12.2 Å². The first kappa shape index (κ1) is 8.78. The van der Waals surface area contributed by atoms with Crippen LogP contribution in [-0.2, 0) is 0 Å². The highest BCUT2D eigenvalue weighted by Gasteiger charge is 1.98. The van der Waals surface area contributed by atoms with Crippen LogP contribution in [0.5, 0.6) is 5.75 Å². The first-order valence-corrected chi connectivity index (χ1v) is 4.05. The Morgan fingerprint density at radius 1 is 1.42 bits per heavy atom. The number of aldehydes is 1. The first-order valence-electron chi connectivity index (χ1n) is 4.05. The third-order valence-corrected chi connectivity index (χ3v) is 1.51. The number of carbonyl (C=O) groups is 1. The molecule has 0 fully saturated rings. The number of hydrogen-bond acceptors (Lipinski definition) is 2. The lowest BCUT2D eigenvalue weighted by atomic mass is 10.2. The summed E-state index contributed by atoms with van der Waals surface area (Å²) < 4.78 is 5.35. The smallest absolute Gasteiger partial charge is 0.153 e. The highest BCUT2D eigenvalue weighted by atomic mass is 16.5. The van der Waals surface area contributed by atoms with E-state index in [2.05, 4.69) is 0 Å².